The van der Waals surface area contributed by atoms with Gasteiger partial charge in [0.15, 0.2) is 11.0 Å². The molecule has 0 fully saturated rings. The van der Waals surface area contributed by atoms with E-state index in [1.807, 2.05) is 0 Å². The fraction of sp³-hybridized carbons (Fsp3) is 0.167. The smallest absolute Gasteiger partial charge is 0.166 e. The van der Waals surface area contributed by atoms with Crippen molar-refractivity contribution >= 4 is 46.4 Å². The summed E-state index contributed by atoms with van der Waals surface area (Å²) in [5.41, 5.74) is 1.91. The molecule has 10 heteroatoms. The zero-order chi connectivity index (χ0) is 21.4. The number of pyridine rings is 3. The van der Waals surface area contributed by atoms with Crippen LogP contribution in [0.4, 0.5) is 13.2 Å². The number of hydrogen-bond donors (Lipinski definition) is 0. The Morgan fingerprint density at radius 3 is 1.32 bits per heavy atom. The quantitative estimate of drug-likeness (QED) is 0.326. The van der Waals surface area contributed by atoms with Crippen molar-refractivity contribution in [3.05, 3.63) is 85.3 Å². The maximum Gasteiger partial charge on any atom is 0.166 e. The van der Waals surface area contributed by atoms with Gasteiger partial charge >= 0.3 is 0 Å². The van der Waals surface area contributed by atoms with Crippen LogP contribution in [-0.2, 0) is 0 Å². The van der Waals surface area contributed by atoms with Crippen LogP contribution in [0.5, 0.6) is 0 Å². The van der Waals surface area contributed by atoms with Crippen molar-refractivity contribution in [2.45, 2.75) is 20.8 Å². The van der Waals surface area contributed by atoms with Crippen molar-refractivity contribution < 1.29 is 13.2 Å². The number of aryl methyl sites for hydroxylation is 3. The summed E-state index contributed by atoms with van der Waals surface area (Å²) in [5.74, 6) is -1.24. The van der Waals surface area contributed by atoms with E-state index in [2.05, 4.69) is 15.0 Å². The molecular formula is C18H14Cl4F3N3. The zero-order valence-corrected chi connectivity index (χ0v) is 17.9. The normalized spacial score (nSPS) is 9.79. The third kappa shape index (κ3) is 8.19. The molecule has 0 amide bonds. The van der Waals surface area contributed by atoms with Crippen LogP contribution in [0.3, 0.4) is 0 Å². The average Bonchev–Trinajstić information content (AvgIpc) is 2.61. The van der Waals surface area contributed by atoms with Gasteiger partial charge < -0.3 is 0 Å². The number of rotatable bonds is 0. The van der Waals surface area contributed by atoms with Crippen LogP contribution in [-0.4, -0.2) is 15.0 Å². The molecule has 0 aliphatic rings. The van der Waals surface area contributed by atoms with Gasteiger partial charge in [-0.15, -0.1) is 0 Å². The summed E-state index contributed by atoms with van der Waals surface area (Å²) < 4.78 is 37.0. The molecule has 0 bridgehead atoms. The Bertz CT molecular complexity index is 856. The first-order chi connectivity index (χ1) is 13.0. The van der Waals surface area contributed by atoms with Crippen LogP contribution in [0.15, 0.2) is 30.6 Å². The van der Waals surface area contributed by atoms with E-state index in [4.69, 9.17) is 46.4 Å². The average molecular weight is 471 g/mol. The van der Waals surface area contributed by atoms with Crippen molar-refractivity contribution in [2.24, 2.45) is 0 Å². The molecule has 3 heterocycles. The summed E-state index contributed by atoms with van der Waals surface area (Å²) >= 11 is 21.8. The van der Waals surface area contributed by atoms with Gasteiger partial charge in [-0.1, -0.05) is 46.4 Å². The minimum absolute atomic E-state index is 0.185. The lowest BCUT2D eigenvalue weighted by atomic mass is 10.3. The van der Waals surface area contributed by atoms with Crippen molar-refractivity contribution in [3.8, 4) is 0 Å². The van der Waals surface area contributed by atoms with E-state index in [1.54, 1.807) is 20.8 Å². The SMILES string of the molecule is Cc1cc(F)c(Cl)nc1Cl.Cc1cc(F)cnc1Cl.Cc1cc(F)cnc1Cl. The second-order valence-electron chi connectivity index (χ2n) is 5.39. The zero-order valence-electron chi connectivity index (χ0n) is 14.9. The van der Waals surface area contributed by atoms with Crippen LogP contribution in [0.25, 0.3) is 0 Å². The standard InChI is InChI=1S/C6H4Cl2FN.2C6H5ClFN/c1-3-2-4(9)6(8)10-5(3)7;2*1-4-2-5(8)3-9-6(4)7/h2H,1H3;2*2-3H,1H3. The van der Waals surface area contributed by atoms with Crippen LogP contribution in [0.1, 0.15) is 16.7 Å². The molecule has 150 valence electrons. The number of hydrogen-bond acceptors (Lipinski definition) is 3. The highest BCUT2D eigenvalue weighted by molar-refractivity contribution is 6.33. The van der Waals surface area contributed by atoms with E-state index in [1.165, 1.54) is 18.2 Å². The largest absolute Gasteiger partial charge is 0.241 e. The Labute approximate surface area is 180 Å². The highest BCUT2D eigenvalue weighted by atomic mass is 35.5. The molecule has 3 nitrogen and oxygen atoms in total. The molecule has 0 aliphatic carbocycles. The number of nitrogens with zero attached hydrogens (tertiary/aromatic N) is 3. The number of aromatic nitrogens is 3. The monoisotopic (exact) mass is 469 g/mol. The lowest BCUT2D eigenvalue weighted by Crippen LogP contribution is -1.86. The Kier molecular flexibility index (Phi) is 9.96. The molecule has 0 aliphatic heterocycles. The van der Waals surface area contributed by atoms with Crippen molar-refractivity contribution in [1.82, 2.24) is 15.0 Å². The fourth-order valence-electron chi connectivity index (χ4n) is 1.58. The molecule has 0 radical (unpaired) electrons. The van der Waals surface area contributed by atoms with Crippen molar-refractivity contribution in [1.29, 1.82) is 0 Å². The topological polar surface area (TPSA) is 38.7 Å². The van der Waals surface area contributed by atoms with E-state index >= 15 is 0 Å². The highest BCUT2D eigenvalue weighted by Crippen LogP contribution is 2.18. The second kappa shape index (κ2) is 11.4. The molecule has 0 atom stereocenters. The summed E-state index contributed by atoms with van der Waals surface area (Å²) in [6.45, 7) is 5.07. The van der Waals surface area contributed by atoms with Gasteiger partial charge in [-0.3, -0.25) is 0 Å². The third-order valence-corrected chi connectivity index (χ3v) is 4.46. The van der Waals surface area contributed by atoms with Crippen LogP contribution >= 0.6 is 46.4 Å². The first-order valence-electron chi connectivity index (χ1n) is 7.54. The first kappa shape index (κ1) is 24.4. The summed E-state index contributed by atoms with van der Waals surface area (Å²) in [7, 11) is 0. The van der Waals surface area contributed by atoms with E-state index < -0.39 is 5.82 Å². The van der Waals surface area contributed by atoms with E-state index in [0.717, 1.165) is 12.4 Å². The molecule has 3 aromatic rings. The van der Waals surface area contributed by atoms with Crippen molar-refractivity contribution in [3.63, 3.8) is 0 Å². The number of halogens is 7. The summed E-state index contributed by atoms with van der Waals surface area (Å²) in [5, 5.41) is 0.773. The molecule has 0 N–H and O–H groups in total. The van der Waals surface area contributed by atoms with Gasteiger partial charge in [0.2, 0.25) is 0 Å². The van der Waals surface area contributed by atoms with Gasteiger partial charge in [0.1, 0.15) is 27.1 Å². The van der Waals surface area contributed by atoms with E-state index in [0.29, 0.717) is 27.0 Å². The molecule has 3 aromatic heterocycles. The van der Waals surface area contributed by atoms with Gasteiger partial charge in [0.05, 0.1) is 12.4 Å². The Balaban J connectivity index is 0.000000210. The molecule has 0 aromatic carbocycles. The molecule has 0 unspecified atom stereocenters. The summed E-state index contributed by atoms with van der Waals surface area (Å²) in [6.07, 6.45) is 2.19. The predicted octanol–water partition coefficient (Wildman–Crippen LogP) is 7.20. The minimum Gasteiger partial charge on any atom is -0.241 e. The van der Waals surface area contributed by atoms with E-state index in [-0.39, 0.29) is 21.9 Å². The van der Waals surface area contributed by atoms with Crippen LogP contribution < -0.4 is 0 Å². The Morgan fingerprint density at radius 1 is 0.607 bits per heavy atom. The van der Waals surface area contributed by atoms with Gasteiger partial charge in [0, 0.05) is 0 Å². The second-order valence-corrected chi connectivity index (χ2v) is 6.82. The Morgan fingerprint density at radius 2 is 1.00 bits per heavy atom. The summed E-state index contributed by atoms with van der Waals surface area (Å²) in [6, 6.07) is 3.93. The predicted molar refractivity (Wildman–Crippen MR) is 107 cm³/mol. The molecule has 28 heavy (non-hydrogen) atoms. The summed E-state index contributed by atoms with van der Waals surface area (Å²) in [4.78, 5) is 10.7. The maximum absolute atomic E-state index is 12.5. The third-order valence-electron chi connectivity index (χ3n) is 3.02. The lowest BCUT2D eigenvalue weighted by molar-refractivity contribution is 0.619. The van der Waals surface area contributed by atoms with Crippen molar-refractivity contribution in [2.75, 3.05) is 0 Å². The molecule has 3 rings (SSSR count). The van der Waals surface area contributed by atoms with Gasteiger partial charge in [-0.25, -0.2) is 28.1 Å². The molecular weight excluding hydrogens is 457 g/mol. The lowest BCUT2D eigenvalue weighted by Gasteiger charge is -1.96. The fourth-order valence-corrected chi connectivity index (χ4v) is 2.11. The van der Waals surface area contributed by atoms with Crippen LogP contribution in [0, 0.1) is 38.2 Å². The minimum atomic E-state index is -0.538. The molecule has 0 saturated heterocycles. The van der Waals surface area contributed by atoms with E-state index in [9.17, 15) is 13.2 Å². The molecule has 0 saturated carbocycles. The maximum atomic E-state index is 12.5. The van der Waals surface area contributed by atoms with Gasteiger partial charge in [0.25, 0.3) is 0 Å². The van der Waals surface area contributed by atoms with Crippen LogP contribution in [0.2, 0.25) is 20.6 Å². The highest BCUT2D eigenvalue weighted by Gasteiger charge is 2.03. The Hall–Kier alpha value is -1.60. The first-order valence-corrected chi connectivity index (χ1v) is 9.05. The molecule has 0 spiro atoms. The van der Waals surface area contributed by atoms with Gasteiger partial charge in [-0.05, 0) is 55.7 Å². The van der Waals surface area contributed by atoms with Gasteiger partial charge in [-0.2, -0.15) is 0 Å².